The van der Waals surface area contributed by atoms with Gasteiger partial charge in [-0.15, -0.1) is 0 Å². The second-order valence-electron chi connectivity index (χ2n) is 3.54. The third kappa shape index (κ3) is 3.24. The zero-order chi connectivity index (χ0) is 12.8. The first-order valence-corrected chi connectivity index (χ1v) is 5.27. The lowest BCUT2D eigenvalue weighted by molar-refractivity contribution is -0.117. The fraction of sp³-hybridized carbons (Fsp3) is 0.308. The van der Waals surface area contributed by atoms with Crippen LogP contribution in [-0.4, -0.2) is 20.1 Å². The van der Waals surface area contributed by atoms with E-state index in [-0.39, 0.29) is 11.9 Å². The SMILES string of the molecule is C=CC(=O)NC(C)c1cc(OC)ccc1OC. The average Bonchev–Trinajstić information content (AvgIpc) is 2.37. The van der Waals surface area contributed by atoms with E-state index in [1.165, 1.54) is 6.08 Å². The lowest BCUT2D eigenvalue weighted by Crippen LogP contribution is -2.24. The van der Waals surface area contributed by atoms with Gasteiger partial charge in [-0.1, -0.05) is 6.58 Å². The third-order valence-electron chi connectivity index (χ3n) is 2.45. The van der Waals surface area contributed by atoms with Gasteiger partial charge in [-0.3, -0.25) is 4.79 Å². The van der Waals surface area contributed by atoms with Crippen molar-refractivity contribution < 1.29 is 14.3 Å². The van der Waals surface area contributed by atoms with Crippen LogP contribution in [0.1, 0.15) is 18.5 Å². The molecule has 0 saturated carbocycles. The van der Waals surface area contributed by atoms with E-state index < -0.39 is 0 Å². The summed E-state index contributed by atoms with van der Waals surface area (Å²) in [5.74, 6) is 1.21. The Morgan fingerprint density at radius 3 is 2.65 bits per heavy atom. The molecule has 0 aliphatic rings. The number of methoxy groups -OCH3 is 2. The quantitative estimate of drug-likeness (QED) is 0.795. The van der Waals surface area contributed by atoms with Gasteiger partial charge in [0.05, 0.1) is 20.3 Å². The number of amides is 1. The van der Waals surface area contributed by atoms with E-state index in [1.54, 1.807) is 14.2 Å². The van der Waals surface area contributed by atoms with E-state index in [4.69, 9.17) is 9.47 Å². The van der Waals surface area contributed by atoms with Crippen molar-refractivity contribution in [2.24, 2.45) is 0 Å². The van der Waals surface area contributed by atoms with Crippen molar-refractivity contribution in [1.29, 1.82) is 0 Å². The Hall–Kier alpha value is -1.97. The normalized spacial score (nSPS) is 11.5. The zero-order valence-corrected chi connectivity index (χ0v) is 10.3. The molecule has 0 bridgehead atoms. The Labute approximate surface area is 101 Å². The number of carbonyl (C=O) groups excluding carboxylic acids is 1. The van der Waals surface area contributed by atoms with E-state index >= 15 is 0 Å². The van der Waals surface area contributed by atoms with Gasteiger partial charge in [0.25, 0.3) is 0 Å². The van der Waals surface area contributed by atoms with Gasteiger partial charge < -0.3 is 14.8 Å². The average molecular weight is 235 g/mol. The molecular formula is C13H17NO3. The number of hydrogen-bond acceptors (Lipinski definition) is 3. The molecule has 1 unspecified atom stereocenters. The number of hydrogen-bond donors (Lipinski definition) is 1. The van der Waals surface area contributed by atoms with Gasteiger partial charge in [-0.05, 0) is 31.2 Å². The van der Waals surface area contributed by atoms with E-state index in [1.807, 2.05) is 25.1 Å². The minimum atomic E-state index is -0.220. The second kappa shape index (κ2) is 5.94. The highest BCUT2D eigenvalue weighted by molar-refractivity contribution is 5.87. The lowest BCUT2D eigenvalue weighted by Gasteiger charge is -2.17. The Balaban J connectivity index is 3.00. The summed E-state index contributed by atoms with van der Waals surface area (Å²) in [4.78, 5) is 11.2. The van der Waals surface area contributed by atoms with Gasteiger partial charge in [0.2, 0.25) is 5.91 Å². The summed E-state index contributed by atoms with van der Waals surface area (Å²) in [6.07, 6.45) is 1.24. The number of carbonyl (C=O) groups is 1. The van der Waals surface area contributed by atoms with Crippen LogP contribution in [0.5, 0.6) is 11.5 Å². The molecule has 1 atom stereocenters. The monoisotopic (exact) mass is 235 g/mol. The molecular weight excluding hydrogens is 218 g/mol. The van der Waals surface area contributed by atoms with E-state index in [0.717, 1.165) is 11.3 Å². The number of ether oxygens (including phenoxy) is 2. The molecule has 0 saturated heterocycles. The fourth-order valence-electron chi connectivity index (χ4n) is 1.53. The molecule has 1 aromatic carbocycles. The van der Waals surface area contributed by atoms with E-state index in [0.29, 0.717) is 5.75 Å². The largest absolute Gasteiger partial charge is 0.497 e. The molecule has 1 amide bonds. The number of benzene rings is 1. The predicted octanol–water partition coefficient (Wildman–Crippen LogP) is 2.07. The van der Waals surface area contributed by atoms with Gasteiger partial charge in [-0.2, -0.15) is 0 Å². The summed E-state index contributed by atoms with van der Waals surface area (Å²) in [5, 5.41) is 2.78. The number of nitrogens with one attached hydrogen (secondary N) is 1. The Bertz CT molecular complexity index is 415. The van der Waals surface area contributed by atoms with Crippen LogP contribution >= 0.6 is 0 Å². The summed E-state index contributed by atoms with van der Waals surface area (Å²) in [5.41, 5.74) is 0.863. The lowest BCUT2D eigenvalue weighted by atomic mass is 10.1. The van der Waals surface area contributed by atoms with Crippen LogP contribution < -0.4 is 14.8 Å². The van der Waals surface area contributed by atoms with E-state index in [2.05, 4.69) is 11.9 Å². The third-order valence-corrected chi connectivity index (χ3v) is 2.45. The molecule has 0 aromatic heterocycles. The summed E-state index contributed by atoms with van der Waals surface area (Å²) in [6, 6.07) is 5.28. The van der Waals surface area contributed by atoms with Crippen LogP contribution in [0.2, 0.25) is 0 Å². The highest BCUT2D eigenvalue weighted by Gasteiger charge is 2.13. The van der Waals surface area contributed by atoms with Crippen molar-refractivity contribution in [3.8, 4) is 11.5 Å². The molecule has 0 radical (unpaired) electrons. The number of rotatable bonds is 5. The molecule has 1 rings (SSSR count). The molecule has 92 valence electrons. The first-order chi connectivity index (χ1) is 8.12. The maximum absolute atomic E-state index is 11.2. The molecule has 0 fully saturated rings. The summed E-state index contributed by atoms with van der Waals surface area (Å²) in [7, 11) is 3.19. The van der Waals surface area contributed by atoms with Crippen LogP contribution in [0, 0.1) is 0 Å². The van der Waals surface area contributed by atoms with Gasteiger partial charge >= 0.3 is 0 Å². The second-order valence-corrected chi connectivity index (χ2v) is 3.54. The van der Waals surface area contributed by atoms with Crippen molar-refractivity contribution in [3.05, 3.63) is 36.4 Å². The van der Waals surface area contributed by atoms with E-state index in [9.17, 15) is 4.79 Å². The molecule has 0 heterocycles. The van der Waals surface area contributed by atoms with Gasteiger partial charge in [-0.25, -0.2) is 0 Å². The van der Waals surface area contributed by atoms with Gasteiger partial charge in [0.1, 0.15) is 11.5 Å². The molecule has 1 aromatic rings. The van der Waals surface area contributed by atoms with Crippen LogP contribution in [-0.2, 0) is 4.79 Å². The van der Waals surface area contributed by atoms with Crippen LogP contribution in [0.25, 0.3) is 0 Å². The maximum atomic E-state index is 11.2. The minimum Gasteiger partial charge on any atom is -0.497 e. The van der Waals surface area contributed by atoms with Crippen molar-refractivity contribution in [2.45, 2.75) is 13.0 Å². The van der Waals surface area contributed by atoms with Gasteiger partial charge in [0.15, 0.2) is 0 Å². The molecule has 0 spiro atoms. The Morgan fingerprint density at radius 1 is 1.41 bits per heavy atom. The first-order valence-electron chi connectivity index (χ1n) is 5.27. The molecule has 4 heteroatoms. The summed E-state index contributed by atoms with van der Waals surface area (Å²) >= 11 is 0. The maximum Gasteiger partial charge on any atom is 0.243 e. The predicted molar refractivity (Wildman–Crippen MR) is 66.3 cm³/mol. The van der Waals surface area contributed by atoms with Crippen LogP contribution in [0.3, 0.4) is 0 Å². The minimum absolute atomic E-state index is 0.175. The zero-order valence-electron chi connectivity index (χ0n) is 10.3. The standard InChI is InChI=1S/C13H17NO3/c1-5-13(15)14-9(2)11-8-10(16-3)6-7-12(11)17-4/h5-9H,1H2,2-4H3,(H,14,15). The molecule has 1 N–H and O–H groups in total. The molecule has 4 nitrogen and oxygen atoms in total. The Morgan fingerprint density at radius 2 is 2.12 bits per heavy atom. The highest BCUT2D eigenvalue weighted by Crippen LogP contribution is 2.29. The van der Waals surface area contributed by atoms with Crippen LogP contribution in [0.4, 0.5) is 0 Å². The molecule has 17 heavy (non-hydrogen) atoms. The van der Waals surface area contributed by atoms with Crippen LogP contribution in [0.15, 0.2) is 30.9 Å². The highest BCUT2D eigenvalue weighted by atomic mass is 16.5. The summed E-state index contributed by atoms with van der Waals surface area (Å²) < 4.78 is 10.4. The van der Waals surface area contributed by atoms with Crippen molar-refractivity contribution in [3.63, 3.8) is 0 Å². The van der Waals surface area contributed by atoms with Crippen molar-refractivity contribution in [2.75, 3.05) is 14.2 Å². The topological polar surface area (TPSA) is 47.6 Å². The molecule has 0 aliphatic heterocycles. The van der Waals surface area contributed by atoms with Crippen molar-refractivity contribution in [1.82, 2.24) is 5.32 Å². The Kier molecular flexibility index (Phi) is 4.57. The fourth-order valence-corrected chi connectivity index (χ4v) is 1.53. The first kappa shape index (κ1) is 13.1. The smallest absolute Gasteiger partial charge is 0.243 e. The van der Waals surface area contributed by atoms with Gasteiger partial charge in [0, 0.05) is 5.56 Å². The molecule has 0 aliphatic carbocycles. The van der Waals surface area contributed by atoms with Crippen molar-refractivity contribution >= 4 is 5.91 Å². The summed E-state index contributed by atoms with van der Waals surface area (Å²) in [6.45, 7) is 5.29.